The van der Waals surface area contributed by atoms with Crippen molar-refractivity contribution in [3.63, 3.8) is 0 Å². The number of nitrogens with zero attached hydrogens (tertiary/aromatic N) is 3. The zero-order chi connectivity index (χ0) is 19.0. The van der Waals surface area contributed by atoms with Crippen LogP contribution in [0.3, 0.4) is 0 Å². The molecular weight excluding hydrogens is 342 g/mol. The molecule has 6 nitrogen and oxygen atoms in total. The molecule has 2 aliphatic rings. The van der Waals surface area contributed by atoms with Crippen LogP contribution in [0, 0.1) is 17.0 Å². The lowest BCUT2D eigenvalue weighted by molar-refractivity contribution is -0.658. The number of hydrogen-bond donors (Lipinski definition) is 1. The molecule has 0 radical (unpaired) electrons. The van der Waals surface area contributed by atoms with Crippen molar-refractivity contribution < 1.29 is 14.6 Å². The third kappa shape index (κ3) is 3.10. The summed E-state index contributed by atoms with van der Waals surface area (Å²) in [5, 5.41) is 22.9. The molecule has 0 amide bonds. The fraction of sp³-hybridized carbons (Fsp3) is 0.381. The molecule has 4 rings (SSSR count). The quantitative estimate of drug-likeness (QED) is 0.512. The number of rotatable bonds is 3. The lowest BCUT2D eigenvalue weighted by atomic mass is 10.0. The van der Waals surface area contributed by atoms with Gasteiger partial charge in [0.05, 0.1) is 11.5 Å². The van der Waals surface area contributed by atoms with Crippen molar-refractivity contribution in [3.05, 3.63) is 69.8 Å². The first kappa shape index (κ1) is 17.7. The van der Waals surface area contributed by atoms with Crippen LogP contribution in [0.15, 0.2) is 48.5 Å². The van der Waals surface area contributed by atoms with Gasteiger partial charge in [0, 0.05) is 24.1 Å². The number of benzene rings is 2. The first-order chi connectivity index (χ1) is 13.0. The van der Waals surface area contributed by atoms with Gasteiger partial charge in [-0.1, -0.05) is 29.8 Å². The number of nitro benzene ring substituents is 1. The van der Waals surface area contributed by atoms with Crippen LogP contribution in [0.4, 0.5) is 11.4 Å². The Hall–Kier alpha value is -2.73. The SMILES string of the molecule is Cc1ccc(N2C[C@](O)(c3cccc([N+](=O)[O-])c3)[N+]3=C2CCCCC3)cc1. The Morgan fingerprint density at radius 3 is 2.67 bits per heavy atom. The number of non-ortho nitro benzene ring substituents is 1. The predicted molar refractivity (Wildman–Crippen MR) is 104 cm³/mol. The van der Waals surface area contributed by atoms with Crippen molar-refractivity contribution in [2.75, 3.05) is 18.0 Å². The lowest BCUT2D eigenvalue weighted by Gasteiger charge is -2.23. The van der Waals surface area contributed by atoms with Crippen LogP contribution in [-0.2, 0) is 5.72 Å². The van der Waals surface area contributed by atoms with E-state index in [1.54, 1.807) is 12.1 Å². The largest absolute Gasteiger partial charge is 0.346 e. The van der Waals surface area contributed by atoms with Gasteiger partial charge in [-0.15, -0.1) is 0 Å². The van der Waals surface area contributed by atoms with E-state index in [9.17, 15) is 15.2 Å². The number of aryl methyl sites for hydroxylation is 1. The molecule has 1 atom stereocenters. The fourth-order valence-electron chi connectivity index (χ4n) is 4.15. The van der Waals surface area contributed by atoms with Crippen LogP contribution in [0.1, 0.15) is 36.8 Å². The Morgan fingerprint density at radius 2 is 1.93 bits per heavy atom. The molecule has 0 aromatic heterocycles. The minimum absolute atomic E-state index is 0.00563. The molecule has 2 aromatic rings. The molecule has 140 valence electrons. The van der Waals surface area contributed by atoms with Crippen LogP contribution in [-0.4, -0.2) is 33.5 Å². The minimum Gasteiger partial charge on any atom is -0.346 e. The summed E-state index contributed by atoms with van der Waals surface area (Å²) >= 11 is 0. The van der Waals surface area contributed by atoms with Gasteiger partial charge in [-0.25, -0.2) is 9.48 Å². The van der Waals surface area contributed by atoms with Gasteiger partial charge < -0.3 is 5.11 Å². The van der Waals surface area contributed by atoms with Crippen molar-refractivity contribution >= 4 is 17.2 Å². The van der Waals surface area contributed by atoms with E-state index in [0.29, 0.717) is 12.1 Å². The van der Waals surface area contributed by atoms with Crippen LogP contribution in [0.25, 0.3) is 0 Å². The van der Waals surface area contributed by atoms with Gasteiger partial charge >= 0.3 is 0 Å². The second kappa shape index (κ2) is 6.78. The normalized spacial score (nSPS) is 22.5. The van der Waals surface area contributed by atoms with Crippen LogP contribution in [0.2, 0.25) is 0 Å². The molecule has 0 aliphatic carbocycles. The smallest absolute Gasteiger partial charge is 0.271 e. The number of β-amino-alcohol motifs (C(OH)–C–C–N with tert-alkyl or cyclic N) is 1. The molecule has 2 heterocycles. The van der Waals surface area contributed by atoms with Crippen molar-refractivity contribution in [2.24, 2.45) is 0 Å². The summed E-state index contributed by atoms with van der Waals surface area (Å²) in [4.78, 5) is 13.0. The molecule has 2 aliphatic heterocycles. The number of aliphatic hydroxyl groups is 1. The third-order valence-corrected chi connectivity index (χ3v) is 5.60. The maximum Gasteiger partial charge on any atom is 0.271 e. The molecular formula is C21H24N3O3+. The van der Waals surface area contributed by atoms with Gasteiger partial charge in [0.1, 0.15) is 5.69 Å². The van der Waals surface area contributed by atoms with Crippen molar-refractivity contribution in [3.8, 4) is 0 Å². The maximum absolute atomic E-state index is 11.7. The molecule has 0 saturated heterocycles. The van der Waals surface area contributed by atoms with E-state index in [0.717, 1.165) is 43.8 Å². The average Bonchev–Trinajstić information content (AvgIpc) is 2.83. The fourth-order valence-corrected chi connectivity index (χ4v) is 4.15. The Balaban J connectivity index is 1.81. The molecule has 2 aromatic carbocycles. The van der Waals surface area contributed by atoms with Crippen LogP contribution >= 0.6 is 0 Å². The molecule has 0 spiro atoms. The summed E-state index contributed by atoms with van der Waals surface area (Å²) in [6, 6.07) is 14.7. The van der Waals surface area contributed by atoms with Crippen LogP contribution in [0.5, 0.6) is 0 Å². The molecule has 0 unspecified atom stereocenters. The minimum atomic E-state index is -1.27. The first-order valence-electron chi connectivity index (χ1n) is 9.44. The Bertz CT molecular complexity index is 907. The molecule has 27 heavy (non-hydrogen) atoms. The molecule has 0 bridgehead atoms. The number of amidine groups is 1. The van der Waals surface area contributed by atoms with Crippen molar-refractivity contribution in [1.82, 2.24) is 0 Å². The lowest BCUT2D eigenvalue weighted by Crippen LogP contribution is -2.41. The highest BCUT2D eigenvalue weighted by atomic mass is 16.6. The number of hydrogen-bond acceptors (Lipinski definition) is 4. The third-order valence-electron chi connectivity index (χ3n) is 5.60. The summed E-state index contributed by atoms with van der Waals surface area (Å²) in [7, 11) is 0. The van der Waals surface area contributed by atoms with Crippen LogP contribution < -0.4 is 4.90 Å². The highest BCUT2D eigenvalue weighted by molar-refractivity contribution is 5.95. The van der Waals surface area contributed by atoms with E-state index >= 15 is 0 Å². The van der Waals surface area contributed by atoms with Gasteiger partial charge in [0.25, 0.3) is 17.2 Å². The van der Waals surface area contributed by atoms with E-state index in [2.05, 4.69) is 40.7 Å². The predicted octanol–water partition coefficient (Wildman–Crippen LogP) is 3.55. The molecule has 0 fully saturated rings. The van der Waals surface area contributed by atoms with E-state index in [-0.39, 0.29) is 5.69 Å². The molecule has 0 saturated carbocycles. The van der Waals surface area contributed by atoms with Gasteiger partial charge in [0.2, 0.25) is 0 Å². The molecule has 1 N–H and O–H groups in total. The highest BCUT2D eigenvalue weighted by Gasteiger charge is 2.52. The van der Waals surface area contributed by atoms with Crippen molar-refractivity contribution in [2.45, 2.75) is 38.3 Å². The Kier molecular flexibility index (Phi) is 4.44. The second-order valence-electron chi connectivity index (χ2n) is 7.42. The van der Waals surface area contributed by atoms with Gasteiger partial charge in [-0.2, -0.15) is 0 Å². The van der Waals surface area contributed by atoms with Gasteiger partial charge in [-0.05, 0) is 38.3 Å². The molecule has 6 heteroatoms. The average molecular weight is 366 g/mol. The summed E-state index contributed by atoms with van der Waals surface area (Å²) in [6.45, 7) is 3.17. The Morgan fingerprint density at radius 1 is 1.15 bits per heavy atom. The topological polar surface area (TPSA) is 69.6 Å². The zero-order valence-electron chi connectivity index (χ0n) is 15.5. The maximum atomic E-state index is 11.7. The van der Waals surface area contributed by atoms with Crippen molar-refractivity contribution in [1.29, 1.82) is 0 Å². The summed E-state index contributed by atoms with van der Waals surface area (Å²) in [5.41, 5.74) is 1.55. The standard InChI is InChI=1S/C21H24N3O3/c1-16-9-11-18(12-10-16)22-15-21(25,23-13-4-2-3-8-20(22)23)17-6-5-7-19(14-17)24(26)27/h5-7,9-12,14,25H,2-4,8,13,15H2,1H3/q+1/t21-/m0/s1. The summed E-state index contributed by atoms with van der Waals surface area (Å²) in [6.07, 6.45) is 4.10. The van der Waals surface area contributed by atoms with Gasteiger partial charge in [-0.3, -0.25) is 10.1 Å². The number of anilines is 1. The summed E-state index contributed by atoms with van der Waals surface area (Å²) < 4.78 is 2.05. The summed E-state index contributed by atoms with van der Waals surface area (Å²) in [5.74, 6) is 1.10. The number of nitro groups is 1. The van der Waals surface area contributed by atoms with Gasteiger partial charge in [0.15, 0.2) is 6.54 Å². The van der Waals surface area contributed by atoms with E-state index < -0.39 is 10.6 Å². The monoisotopic (exact) mass is 366 g/mol. The Labute approximate surface area is 158 Å². The first-order valence-corrected chi connectivity index (χ1v) is 9.44. The second-order valence-corrected chi connectivity index (χ2v) is 7.42. The van der Waals surface area contributed by atoms with E-state index in [1.165, 1.54) is 17.7 Å². The highest BCUT2D eigenvalue weighted by Crippen LogP contribution is 2.36. The van der Waals surface area contributed by atoms with E-state index in [4.69, 9.17) is 0 Å². The zero-order valence-corrected chi connectivity index (χ0v) is 15.5. The van der Waals surface area contributed by atoms with E-state index in [1.807, 2.05) is 0 Å².